The Labute approximate surface area is 86.2 Å². The predicted octanol–water partition coefficient (Wildman–Crippen LogP) is 2.06. The molecule has 1 heterocycles. The first-order chi connectivity index (χ1) is 7.11. The summed E-state index contributed by atoms with van der Waals surface area (Å²) in [5.41, 5.74) is 1.36. The Morgan fingerprint density at radius 3 is 2.87 bits per heavy atom. The molecule has 1 aromatic heterocycles. The number of aromatic amines is 1. The lowest BCUT2D eigenvalue weighted by atomic mass is 10.0. The second kappa shape index (κ2) is 3.31. The number of carbonyl (C=O) groups is 1. The van der Waals surface area contributed by atoms with Gasteiger partial charge in [-0.3, -0.25) is 4.79 Å². The molecule has 0 saturated heterocycles. The van der Waals surface area contributed by atoms with E-state index in [0.717, 1.165) is 5.52 Å². The number of hydrogen-bond donors (Lipinski definition) is 3. The first kappa shape index (κ1) is 9.58. The summed E-state index contributed by atoms with van der Waals surface area (Å²) < 4.78 is 0. The fraction of sp³-hybridized carbons (Fsp3) is 0.182. The van der Waals surface area contributed by atoms with E-state index in [1.807, 2.05) is 0 Å². The molecule has 1 atom stereocenters. The Bertz CT molecular complexity index is 516. The highest BCUT2D eigenvalue weighted by atomic mass is 16.4. The van der Waals surface area contributed by atoms with Gasteiger partial charge in [0.1, 0.15) is 5.75 Å². The molecule has 15 heavy (non-hydrogen) atoms. The van der Waals surface area contributed by atoms with Gasteiger partial charge in [0.2, 0.25) is 0 Å². The molecular weight excluding hydrogens is 194 g/mol. The fourth-order valence-corrected chi connectivity index (χ4v) is 1.67. The normalized spacial score (nSPS) is 12.9. The van der Waals surface area contributed by atoms with Crippen molar-refractivity contribution in [2.45, 2.75) is 12.8 Å². The number of hydrogen-bond acceptors (Lipinski definition) is 2. The highest BCUT2D eigenvalue weighted by Crippen LogP contribution is 2.32. The number of phenolic OH excluding ortho intramolecular Hbond substituents is 1. The van der Waals surface area contributed by atoms with Crippen LogP contribution in [0.3, 0.4) is 0 Å². The first-order valence-electron chi connectivity index (χ1n) is 4.63. The van der Waals surface area contributed by atoms with Gasteiger partial charge in [-0.05, 0) is 24.6 Å². The molecule has 3 N–H and O–H groups in total. The molecule has 2 rings (SSSR count). The number of aromatic hydroxyl groups is 1. The Balaban J connectivity index is 2.67. The molecule has 0 bridgehead atoms. The lowest BCUT2D eigenvalue weighted by Crippen LogP contribution is -2.06. The second-order valence-corrected chi connectivity index (χ2v) is 3.50. The number of aliphatic carboxylic acids is 1. The van der Waals surface area contributed by atoms with Crippen LogP contribution in [0.4, 0.5) is 0 Å². The van der Waals surface area contributed by atoms with Crippen LogP contribution in [-0.2, 0) is 4.79 Å². The zero-order chi connectivity index (χ0) is 11.0. The number of fused-ring (bicyclic) bond motifs is 1. The van der Waals surface area contributed by atoms with Crippen LogP contribution in [0.1, 0.15) is 18.4 Å². The minimum absolute atomic E-state index is 0.108. The maximum absolute atomic E-state index is 10.9. The van der Waals surface area contributed by atoms with Crippen molar-refractivity contribution in [1.29, 1.82) is 0 Å². The lowest BCUT2D eigenvalue weighted by Gasteiger charge is -2.05. The van der Waals surface area contributed by atoms with Crippen LogP contribution in [0.5, 0.6) is 5.75 Å². The molecule has 4 nitrogen and oxygen atoms in total. The molecule has 0 radical (unpaired) electrons. The predicted molar refractivity (Wildman–Crippen MR) is 56.0 cm³/mol. The van der Waals surface area contributed by atoms with Crippen molar-refractivity contribution in [3.63, 3.8) is 0 Å². The van der Waals surface area contributed by atoms with Gasteiger partial charge in [0.15, 0.2) is 0 Å². The van der Waals surface area contributed by atoms with E-state index in [0.29, 0.717) is 10.9 Å². The second-order valence-electron chi connectivity index (χ2n) is 3.50. The summed E-state index contributed by atoms with van der Waals surface area (Å²) in [6.07, 6.45) is 1.63. The Morgan fingerprint density at radius 2 is 2.20 bits per heavy atom. The number of phenols is 1. The number of rotatable bonds is 2. The Kier molecular flexibility index (Phi) is 2.11. The molecule has 2 aromatic rings. The number of aromatic nitrogens is 1. The van der Waals surface area contributed by atoms with E-state index in [1.165, 1.54) is 0 Å². The van der Waals surface area contributed by atoms with E-state index in [2.05, 4.69) is 4.98 Å². The smallest absolute Gasteiger partial charge is 0.310 e. The monoisotopic (exact) mass is 205 g/mol. The Hall–Kier alpha value is -1.97. The molecule has 0 aliphatic heterocycles. The largest absolute Gasteiger partial charge is 0.507 e. The maximum atomic E-state index is 10.9. The van der Waals surface area contributed by atoms with Crippen molar-refractivity contribution >= 4 is 16.9 Å². The molecule has 4 heteroatoms. The van der Waals surface area contributed by atoms with Gasteiger partial charge in [-0.15, -0.1) is 0 Å². The molecule has 0 spiro atoms. The SMILES string of the molecule is CC(C(=O)O)c1c[nH]c2cccc(O)c12. The topological polar surface area (TPSA) is 73.3 Å². The summed E-state index contributed by atoms with van der Waals surface area (Å²) in [7, 11) is 0. The molecule has 78 valence electrons. The number of H-pyrrole nitrogens is 1. The molecule has 0 aliphatic carbocycles. The summed E-state index contributed by atoms with van der Waals surface area (Å²) in [5.74, 6) is -1.43. The van der Waals surface area contributed by atoms with Crippen molar-refractivity contribution in [3.05, 3.63) is 30.0 Å². The highest BCUT2D eigenvalue weighted by molar-refractivity contribution is 5.93. The summed E-state index contributed by atoms with van der Waals surface area (Å²) in [4.78, 5) is 13.8. The lowest BCUT2D eigenvalue weighted by molar-refractivity contribution is -0.138. The molecule has 0 amide bonds. The highest BCUT2D eigenvalue weighted by Gasteiger charge is 2.19. The van der Waals surface area contributed by atoms with Crippen LogP contribution in [0.15, 0.2) is 24.4 Å². The van der Waals surface area contributed by atoms with E-state index in [-0.39, 0.29) is 5.75 Å². The van der Waals surface area contributed by atoms with Gasteiger partial charge in [0, 0.05) is 17.1 Å². The zero-order valence-electron chi connectivity index (χ0n) is 8.19. The Morgan fingerprint density at radius 1 is 1.47 bits per heavy atom. The van der Waals surface area contributed by atoms with Gasteiger partial charge in [0.25, 0.3) is 0 Å². The molecule has 0 saturated carbocycles. The van der Waals surface area contributed by atoms with Crippen LogP contribution in [0.2, 0.25) is 0 Å². The fourth-order valence-electron chi connectivity index (χ4n) is 1.67. The molecular formula is C11H11NO3. The van der Waals surface area contributed by atoms with E-state index < -0.39 is 11.9 Å². The van der Waals surface area contributed by atoms with Gasteiger partial charge >= 0.3 is 5.97 Å². The summed E-state index contributed by atoms with van der Waals surface area (Å²) in [6.45, 7) is 1.59. The van der Waals surface area contributed by atoms with Crippen LogP contribution in [0, 0.1) is 0 Å². The molecule has 1 unspecified atom stereocenters. The van der Waals surface area contributed by atoms with Crippen molar-refractivity contribution in [2.24, 2.45) is 0 Å². The van der Waals surface area contributed by atoms with Gasteiger partial charge in [-0.2, -0.15) is 0 Å². The number of benzene rings is 1. The van der Waals surface area contributed by atoms with E-state index in [1.54, 1.807) is 31.3 Å². The minimum Gasteiger partial charge on any atom is -0.507 e. The van der Waals surface area contributed by atoms with Gasteiger partial charge in [-0.25, -0.2) is 0 Å². The summed E-state index contributed by atoms with van der Waals surface area (Å²) in [5, 5.41) is 19.2. The van der Waals surface area contributed by atoms with Gasteiger partial charge in [-0.1, -0.05) is 6.07 Å². The maximum Gasteiger partial charge on any atom is 0.310 e. The van der Waals surface area contributed by atoms with Crippen molar-refractivity contribution in [1.82, 2.24) is 4.98 Å². The quantitative estimate of drug-likeness (QED) is 0.702. The summed E-state index contributed by atoms with van der Waals surface area (Å²) in [6, 6.07) is 5.06. The zero-order valence-corrected chi connectivity index (χ0v) is 8.19. The number of nitrogens with one attached hydrogen (secondary N) is 1. The third kappa shape index (κ3) is 1.44. The van der Waals surface area contributed by atoms with E-state index in [4.69, 9.17) is 5.11 Å². The third-order valence-electron chi connectivity index (χ3n) is 2.55. The van der Waals surface area contributed by atoms with E-state index in [9.17, 15) is 9.90 Å². The van der Waals surface area contributed by atoms with Crippen LogP contribution >= 0.6 is 0 Å². The standard InChI is InChI=1S/C11H11NO3/c1-6(11(14)15)7-5-12-8-3-2-4-9(13)10(7)8/h2-6,12-13H,1H3,(H,14,15). The van der Waals surface area contributed by atoms with Crippen molar-refractivity contribution in [3.8, 4) is 5.75 Å². The van der Waals surface area contributed by atoms with Crippen LogP contribution in [-0.4, -0.2) is 21.2 Å². The third-order valence-corrected chi connectivity index (χ3v) is 2.55. The van der Waals surface area contributed by atoms with Gasteiger partial charge < -0.3 is 15.2 Å². The molecule has 0 fully saturated rings. The van der Waals surface area contributed by atoms with Crippen molar-refractivity contribution in [2.75, 3.05) is 0 Å². The first-order valence-corrected chi connectivity index (χ1v) is 4.63. The van der Waals surface area contributed by atoms with Gasteiger partial charge in [0.05, 0.1) is 5.92 Å². The number of carboxylic acid groups (broad SMARTS) is 1. The van der Waals surface area contributed by atoms with Crippen LogP contribution < -0.4 is 0 Å². The van der Waals surface area contributed by atoms with E-state index >= 15 is 0 Å². The summed E-state index contributed by atoms with van der Waals surface area (Å²) >= 11 is 0. The molecule has 1 aromatic carbocycles. The molecule has 0 aliphatic rings. The average Bonchev–Trinajstić information content (AvgIpc) is 2.61. The number of carboxylic acids is 1. The minimum atomic E-state index is -0.904. The van der Waals surface area contributed by atoms with Crippen LogP contribution in [0.25, 0.3) is 10.9 Å². The average molecular weight is 205 g/mol. The van der Waals surface area contributed by atoms with Crippen molar-refractivity contribution < 1.29 is 15.0 Å².